The van der Waals surface area contributed by atoms with E-state index >= 15 is 0 Å². The van der Waals surface area contributed by atoms with E-state index in [1.165, 1.54) is 20.3 Å². The molecule has 3 aromatic rings. The van der Waals surface area contributed by atoms with E-state index in [4.69, 9.17) is 18.6 Å². The lowest BCUT2D eigenvalue weighted by Gasteiger charge is -2.13. The first-order valence-corrected chi connectivity index (χ1v) is 8.36. The van der Waals surface area contributed by atoms with Gasteiger partial charge in [-0.3, -0.25) is 0 Å². The fourth-order valence-electron chi connectivity index (χ4n) is 2.83. The summed E-state index contributed by atoms with van der Waals surface area (Å²) in [6.07, 6.45) is 0. The predicted molar refractivity (Wildman–Crippen MR) is 101 cm³/mol. The maximum absolute atomic E-state index is 12.0. The SMILES string of the molecule is COC(=O)c1ccc(OCc2cc(=O)oc3c(C)c(C)ccc23)c(OC)c1. The van der Waals surface area contributed by atoms with E-state index in [-0.39, 0.29) is 6.61 Å². The van der Waals surface area contributed by atoms with Crippen molar-refractivity contribution in [3.8, 4) is 11.5 Å². The number of esters is 1. The van der Waals surface area contributed by atoms with Crippen molar-refractivity contribution in [2.75, 3.05) is 14.2 Å². The number of methoxy groups -OCH3 is 2. The minimum Gasteiger partial charge on any atom is -0.493 e. The fraction of sp³-hybridized carbons (Fsp3) is 0.238. The molecule has 0 bridgehead atoms. The first-order valence-electron chi connectivity index (χ1n) is 8.36. The molecule has 0 saturated heterocycles. The third-order valence-corrected chi connectivity index (χ3v) is 4.49. The summed E-state index contributed by atoms with van der Waals surface area (Å²) < 4.78 is 21.2. The van der Waals surface area contributed by atoms with Crippen molar-refractivity contribution in [1.82, 2.24) is 0 Å². The van der Waals surface area contributed by atoms with Gasteiger partial charge in [0.05, 0.1) is 19.8 Å². The summed E-state index contributed by atoms with van der Waals surface area (Å²) in [5.41, 5.74) is 3.18. The summed E-state index contributed by atoms with van der Waals surface area (Å²) >= 11 is 0. The van der Waals surface area contributed by atoms with Crippen LogP contribution in [0, 0.1) is 13.8 Å². The summed E-state index contributed by atoms with van der Waals surface area (Å²) in [4.78, 5) is 23.6. The molecule has 140 valence electrons. The van der Waals surface area contributed by atoms with Gasteiger partial charge < -0.3 is 18.6 Å². The van der Waals surface area contributed by atoms with E-state index in [0.29, 0.717) is 28.2 Å². The van der Waals surface area contributed by atoms with Gasteiger partial charge in [-0.1, -0.05) is 12.1 Å². The van der Waals surface area contributed by atoms with E-state index in [9.17, 15) is 9.59 Å². The molecule has 6 nitrogen and oxygen atoms in total. The molecule has 0 spiro atoms. The zero-order valence-corrected chi connectivity index (χ0v) is 15.6. The van der Waals surface area contributed by atoms with Gasteiger partial charge in [-0.2, -0.15) is 0 Å². The maximum Gasteiger partial charge on any atom is 0.337 e. The monoisotopic (exact) mass is 368 g/mol. The second kappa shape index (κ2) is 7.53. The predicted octanol–water partition coefficient (Wildman–Crippen LogP) is 3.78. The molecule has 1 aromatic heterocycles. The largest absolute Gasteiger partial charge is 0.493 e. The maximum atomic E-state index is 12.0. The molecule has 3 rings (SSSR count). The molecule has 0 fully saturated rings. The first kappa shape index (κ1) is 18.5. The number of hydrogen-bond acceptors (Lipinski definition) is 6. The Balaban J connectivity index is 1.94. The van der Waals surface area contributed by atoms with Crippen LogP contribution in [0.4, 0.5) is 0 Å². The van der Waals surface area contributed by atoms with Crippen LogP contribution in [0.1, 0.15) is 27.0 Å². The van der Waals surface area contributed by atoms with Crippen LogP contribution in [0.25, 0.3) is 11.0 Å². The number of benzene rings is 2. The highest BCUT2D eigenvalue weighted by atomic mass is 16.5. The summed E-state index contributed by atoms with van der Waals surface area (Å²) in [6, 6.07) is 10.1. The Morgan fingerprint density at radius 3 is 2.52 bits per heavy atom. The highest BCUT2D eigenvalue weighted by Gasteiger charge is 2.14. The molecule has 1 heterocycles. The Morgan fingerprint density at radius 2 is 1.81 bits per heavy atom. The normalized spacial score (nSPS) is 10.7. The first-order chi connectivity index (χ1) is 12.9. The molecule has 0 atom stereocenters. The van der Waals surface area contributed by atoms with E-state index in [0.717, 1.165) is 16.5 Å². The lowest BCUT2D eigenvalue weighted by molar-refractivity contribution is 0.0600. The van der Waals surface area contributed by atoms with Crippen LogP contribution in [-0.4, -0.2) is 20.2 Å². The van der Waals surface area contributed by atoms with Gasteiger partial charge in [-0.15, -0.1) is 0 Å². The van der Waals surface area contributed by atoms with Crippen LogP contribution >= 0.6 is 0 Å². The molecule has 6 heteroatoms. The van der Waals surface area contributed by atoms with Gasteiger partial charge in [0.25, 0.3) is 0 Å². The second-order valence-electron chi connectivity index (χ2n) is 6.12. The van der Waals surface area contributed by atoms with E-state index in [2.05, 4.69) is 0 Å². The van der Waals surface area contributed by atoms with Gasteiger partial charge in [0.15, 0.2) is 11.5 Å². The summed E-state index contributed by atoms with van der Waals surface area (Å²) in [5, 5.41) is 0.822. The van der Waals surface area contributed by atoms with E-state index in [1.54, 1.807) is 18.2 Å². The van der Waals surface area contributed by atoms with Crippen molar-refractivity contribution in [3.05, 3.63) is 69.1 Å². The van der Waals surface area contributed by atoms with E-state index < -0.39 is 11.6 Å². The van der Waals surface area contributed by atoms with Crippen molar-refractivity contribution in [1.29, 1.82) is 0 Å². The van der Waals surface area contributed by atoms with Crippen molar-refractivity contribution in [3.63, 3.8) is 0 Å². The lowest BCUT2D eigenvalue weighted by Crippen LogP contribution is -2.06. The molecule has 0 aliphatic rings. The smallest absolute Gasteiger partial charge is 0.337 e. The van der Waals surface area contributed by atoms with E-state index in [1.807, 2.05) is 26.0 Å². The Labute approximate surface area is 156 Å². The van der Waals surface area contributed by atoms with Crippen LogP contribution < -0.4 is 15.1 Å². The van der Waals surface area contributed by atoms with Gasteiger partial charge in [0.1, 0.15) is 12.2 Å². The summed E-state index contributed by atoms with van der Waals surface area (Å²) in [6.45, 7) is 4.03. The molecule has 0 unspecified atom stereocenters. The van der Waals surface area contributed by atoms with Gasteiger partial charge >= 0.3 is 11.6 Å². The average molecular weight is 368 g/mol. The number of carbonyl (C=O) groups is 1. The van der Waals surface area contributed by atoms with Crippen LogP contribution in [0.3, 0.4) is 0 Å². The molecule has 0 aliphatic heterocycles. The third-order valence-electron chi connectivity index (χ3n) is 4.49. The fourth-order valence-corrected chi connectivity index (χ4v) is 2.83. The summed E-state index contributed by atoms with van der Waals surface area (Å²) in [5.74, 6) is 0.393. The number of hydrogen-bond donors (Lipinski definition) is 0. The highest BCUT2D eigenvalue weighted by Crippen LogP contribution is 2.30. The van der Waals surface area contributed by atoms with Crippen molar-refractivity contribution >= 4 is 16.9 Å². The number of rotatable bonds is 5. The second-order valence-corrected chi connectivity index (χ2v) is 6.12. The number of carbonyl (C=O) groups excluding carboxylic acids is 1. The molecule has 0 saturated carbocycles. The van der Waals surface area contributed by atoms with Crippen molar-refractivity contribution in [2.45, 2.75) is 20.5 Å². The van der Waals surface area contributed by atoms with Crippen LogP contribution in [-0.2, 0) is 11.3 Å². The third kappa shape index (κ3) is 3.65. The molecule has 2 aromatic carbocycles. The van der Waals surface area contributed by atoms with Gasteiger partial charge in [0, 0.05) is 17.0 Å². The minimum absolute atomic E-state index is 0.151. The molecule has 0 amide bonds. The Morgan fingerprint density at radius 1 is 1.04 bits per heavy atom. The average Bonchev–Trinajstić information content (AvgIpc) is 2.68. The zero-order valence-electron chi connectivity index (χ0n) is 15.6. The molecule has 0 N–H and O–H groups in total. The molecule has 27 heavy (non-hydrogen) atoms. The number of ether oxygens (including phenoxy) is 3. The molecular weight excluding hydrogens is 348 g/mol. The summed E-state index contributed by atoms with van der Waals surface area (Å²) in [7, 11) is 2.80. The van der Waals surface area contributed by atoms with Gasteiger partial charge in [0.2, 0.25) is 0 Å². The Bertz CT molecular complexity index is 1060. The van der Waals surface area contributed by atoms with Gasteiger partial charge in [-0.25, -0.2) is 9.59 Å². The standard InChI is InChI=1S/C21H20O6/c1-12-5-7-16-15(10-19(22)27-20(16)13(12)2)11-26-17-8-6-14(21(23)25-4)9-18(17)24-3/h5-10H,11H2,1-4H3. The number of aryl methyl sites for hydroxylation is 2. The zero-order chi connectivity index (χ0) is 19.6. The van der Waals surface area contributed by atoms with Crippen LogP contribution in [0.2, 0.25) is 0 Å². The van der Waals surface area contributed by atoms with Crippen LogP contribution in [0.15, 0.2) is 45.6 Å². The minimum atomic E-state index is -0.461. The Kier molecular flexibility index (Phi) is 5.16. The van der Waals surface area contributed by atoms with Crippen molar-refractivity contribution < 1.29 is 23.4 Å². The topological polar surface area (TPSA) is 75.0 Å². The highest BCUT2D eigenvalue weighted by molar-refractivity contribution is 5.90. The van der Waals surface area contributed by atoms with Crippen molar-refractivity contribution in [2.24, 2.45) is 0 Å². The molecule has 0 aliphatic carbocycles. The number of fused-ring (bicyclic) bond motifs is 1. The lowest BCUT2D eigenvalue weighted by atomic mass is 10.0. The van der Waals surface area contributed by atoms with Crippen LogP contribution in [0.5, 0.6) is 11.5 Å². The molecular formula is C21H20O6. The Hall–Kier alpha value is -3.28. The van der Waals surface area contributed by atoms with Gasteiger partial charge in [-0.05, 0) is 43.2 Å². The quantitative estimate of drug-likeness (QED) is 0.504. The molecule has 0 radical (unpaired) electrons.